The molecule has 0 fully saturated rings. The molecule has 1 aromatic carbocycles. The normalized spacial score (nSPS) is 12.3. The van der Waals surface area contributed by atoms with Crippen LogP contribution in [0.3, 0.4) is 0 Å². The highest BCUT2D eigenvalue weighted by atomic mass is 79.9. The molecule has 0 aliphatic carbocycles. The number of fused-ring (bicyclic) bond motifs is 1. The Labute approximate surface area is 113 Å². The third-order valence-electron chi connectivity index (χ3n) is 2.66. The standard InChI is InChI=1S/C12H13BrN4O/c1-18-12-10-3-2-8(13)6-11(10)16-17(12)5-4-9(15)7-14/h2-3,6,9H,4-5,15H2,1H3. The molecule has 0 radical (unpaired) electrons. The maximum absolute atomic E-state index is 8.67. The van der Waals surface area contributed by atoms with Gasteiger partial charge in [-0.05, 0) is 24.6 Å². The van der Waals surface area contributed by atoms with Gasteiger partial charge in [0.15, 0.2) is 0 Å². The number of aryl methyl sites for hydroxylation is 1. The van der Waals surface area contributed by atoms with Crippen LogP contribution in [0.15, 0.2) is 22.7 Å². The monoisotopic (exact) mass is 308 g/mol. The van der Waals surface area contributed by atoms with Crippen LogP contribution >= 0.6 is 15.9 Å². The van der Waals surface area contributed by atoms with Crippen LogP contribution in [-0.4, -0.2) is 22.9 Å². The second-order valence-corrected chi connectivity index (χ2v) is 4.83. The molecule has 1 unspecified atom stereocenters. The first kappa shape index (κ1) is 12.9. The zero-order valence-corrected chi connectivity index (χ0v) is 11.5. The van der Waals surface area contributed by atoms with Crippen molar-refractivity contribution in [2.45, 2.75) is 19.0 Å². The predicted octanol–water partition coefficient (Wildman–Crippen LogP) is 2.05. The van der Waals surface area contributed by atoms with Gasteiger partial charge >= 0.3 is 0 Å². The summed E-state index contributed by atoms with van der Waals surface area (Å²) in [4.78, 5) is 0. The van der Waals surface area contributed by atoms with Gasteiger partial charge in [-0.1, -0.05) is 15.9 Å². The zero-order chi connectivity index (χ0) is 13.1. The molecule has 0 aliphatic rings. The predicted molar refractivity (Wildman–Crippen MR) is 72.2 cm³/mol. The lowest BCUT2D eigenvalue weighted by molar-refractivity contribution is 0.360. The van der Waals surface area contributed by atoms with E-state index < -0.39 is 6.04 Å². The van der Waals surface area contributed by atoms with Crippen LogP contribution in [0.5, 0.6) is 5.88 Å². The van der Waals surface area contributed by atoms with Crippen molar-refractivity contribution in [1.82, 2.24) is 9.78 Å². The van der Waals surface area contributed by atoms with E-state index in [2.05, 4.69) is 21.0 Å². The van der Waals surface area contributed by atoms with E-state index in [1.165, 1.54) is 0 Å². The Balaban J connectivity index is 2.35. The molecule has 94 valence electrons. The largest absolute Gasteiger partial charge is 0.481 e. The first-order valence-corrected chi connectivity index (χ1v) is 6.30. The van der Waals surface area contributed by atoms with E-state index in [1.54, 1.807) is 11.8 Å². The molecule has 18 heavy (non-hydrogen) atoms. The van der Waals surface area contributed by atoms with Gasteiger partial charge in [-0.15, -0.1) is 0 Å². The highest BCUT2D eigenvalue weighted by Gasteiger charge is 2.12. The molecule has 0 bridgehead atoms. The number of rotatable bonds is 4. The number of methoxy groups -OCH3 is 1. The van der Waals surface area contributed by atoms with E-state index in [9.17, 15) is 0 Å². The summed E-state index contributed by atoms with van der Waals surface area (Å²) in [6.07, 6.45) is 0.544. The topological polar surface area (TPSA) is 76.9 Å². The number of benzene rings is 1. The van der Waals surface area contributed by atoms with Gasteiger partial charge in [-0.3, -0.25) is 0 Å². The first-order valence-electron chi connectivity index (χ1n) is 5.51. The Hall–Kier alpha value is -1.58. The molecule has 0 spiro atoms. The minimum Gasteiger partial charge on any atom is -0.481 e. The molecule has 2 N–H and O–H groups in total. The smallest absolute Gasteiger partial charge is 0.219 e. The van der Waals surface area contributed by atoms with Gasteiger partial charge in [0.2, 0.25) is 5.88 Å². The molecular weight excluding hydrogens is 296 g/mol. The highest BCUT2D eigenvalue weighted by molar-refractivity contribution is 9.10. The number of ether oxygens (including phenoxy) is 1. The molecule has 0 saturated carbocycles. The van der Waals surface area contributed by atoms with Crippen LogP contribution in [0.25, 0.3) is 10.9 Å². The highest BCUT2D eigenvalue weighted by Crippen LogP contribution is 2.28. The van der Waals surface area contributed by atoms with Gasteiger partial charge in [0.05, 0.1) is 30.1 Å². The lowest BCUT2D eigenvalue weighted by Crippen LogP contribution is -2.20. The van der Waals surface area contributed by atoms with E-state index in [-0.39, 0.29) is 0 Å². The van der Waals surface area contributed by atoms with E-state index in [0.717, 1.165) is 15.4 Å². The summed E-state index contributed by atoms with van der Waals surface area (Å²) >= 11 is 3.41. The summed E-state index contributed by atoms with van der Waals surface area (Å²) in [6.45, 7) is 0.560. The number of nitrogens with two attached hydrogens (primary N) is 1. The van der Waals surface area contributed by atoms with Crippen LogP contribution in [0.1, 0.15) is 6.42 Å². The molecular formula is C12H13BrN4O. The minimum atomic E-state index is -0.478. The lowest BCUT2D eigenvalue weighted by Gasteiger charge is -2.06. The van der Waals surface area contributed by atoms with Crippen molar-refractivity contribution in [2.24, 2.45) is 5.73 Å². The lowest BCUT2D eigenvalue weighted by atomic mass is 10.2. The SMILES string of the molecule is COc1c2ccc(Br)cc2nn1CCC(N)C#N. The molecule has 1 aromatic heterocycles. The number of hydrogen-bond acceptors (Lipinski definition) is 4. The molecule has 6 heteroatoms. The molecule has 5 nitrogen and oxygen atoms in total. The molecule has 1 atom stereocenters. The van der Waals surface area contributed by atoms with Crippen molar-refractivity contribution in [3.8, 4) is 11.9 Å². The summed E-state index contributed by atoms with van der Waals surface area (Å²) in [5, 5.41) is 14.1. The van der Waals surface area contributed by atoms with Crippen molar-refractivity contribution in [1.29, 1.82) is 5.26 Å². The average molecular weight is 309 g/mol. The second-order valence-electron chi connectivity index (χ2n) is 3.92. The van der Waals surface area contributed by atoms with Crippen LogP contribution in [0.2, 0.25) is 0 Å². The number of halogens is 1. The quantitative estimate of drug-likeness (QED) is 0.937. The van der Waals surface area contributed by atoms with Gasteiger partial charge in [-0.2, -0.15) is 10.4 Å². The van der Waals surface area contributed by atoms with Crippen molar-refractivity contribution < 1.29 is 4.74 Å². The third-order valence-corrected chi connectivity index (χ3v) is 3.16. The van der Waals surface area contributed by atoms with E-state index in [4.69, 9.17) is 15.7 Å². The third kappa shape index (κ3) is 2.47. The van der Waals surface area contributed by atoms with Gasteiger partial charge in [0.1, 0.15) is 0 Å². The van der Waals surface area contributed by atoms with E-state index in [0.29, 0.717) is 18.8 Å². The fraction of sp³-hybridized carbons (Fsp3) is 0.333. The Bertz CT molecular complexity index is 602. The zero-order valence-electron chi connectivity index (χ0n) is 9.93. The molecule has 0 saturated heterocycles. The van der Waals surface area contributed by atoms with Crippen molar-refractivity contribution >= 4 is 26.8 Å². The van der Waals surface area contributed by atoms with Crippen LogP contribution in [0.4, 0.5) is 0 Å². The molecule has 0 amide bonds. The van der Waals surface area contributed by atoms with E-state index in [1.807, 2.05) is 24.3 Å². The summed E-state index contributed by atoms with van der Waals surface area (Å²) < 4.78 is 8.08. The van der Waals surface area contributed by atoms with Crippen molar-refractivity contribution in [2.75, 3.05) is 7.11 Å². The fourth-order valence-electron chi connectivity index (χ4n) is 1.78. The fourth-order valence-corrected chi connectivity index (χ4v) is 2.12. The molecule has 1 heterocycles. The Morgan fingerprint density at radius 2 is 2.39 bits per heavy atom. The van der Waals surface area contributed by atoms with Crippen molar-refractivity contribution in [3.05, 3.63) is 22.7 Å². The maximum Gasteiger partial charge on any atom is 0.219 e. The first-order chi connectivity index (χ1) is 8.65. The van der Waals surface area contributed by atoms with E-state index >= 15 is 0 Å². The van der Waals surface area contributed by atoms with Crippen LogP contribution < -0.4 is 10.5 Å². The molecule has 0 aliphatic heterocycles. The number of nitrogens with zero attached hydrogens (tertiary/aromatic N) is 3. The second kappa shape index (κ2) is 5.38. The number of aromatic nitrogens is 2. The van der Waals surface area contributed by atoms with Crippen LogP contribution in [0, 0.1) is 11.3 Å². The number of hydrogen-bond donors (Lipinski definition) is 1. The number of nitriles is 1. The minimum absolute atomic E-state index is 0.478. The summed E-state index contributed by atoms with van der Waals surface area (Å²) in [7, 11) is 1.61. The van der Waals surface area contributed by atoms with Crippen molar-refractivity contribution in [3.63, 3.8) is 0 Å². The van der Waals surface area contributed by atoms with Gasteiger partial charge in [0.25, 0.3) is 0 Å². The summed E-state index contributed by atoms with van der Waals surface area (Å²) in [5.41, 5.74) is 6.43. The van der Waals surface area contributed by atoms with Crippen LogP contribution in [-0.2, 0) is 6.54 Å². The molecule has 2 aromatic rings. The maximum atomic E-state index is 8.67. The van der Waals surface area contributed by atoms with Gasteiger partial charge in [0, 0.05) is 11.0 Å². The Morgan fingerprint density at radius 3 is 3.06 bits per heavy atom. The average Bonchev–Trinajstić information content (AvgIpc) is 2.72. The Kier molecular flexibility index (Phi) is 3.84. The summed E-state index contributed by atoms with van der Waals surface area (Å²) in [6, 6.07) is 7.35. The molecule has 2 rings (SSSR count). The van der Waals surface area contributed by atoms with Gasteiger partial charge in [-0.25, -0.2) is 4.68 Å². The Morgan fingerprint density at radius 1 is 1.61 bits per heavy atom. The summed E-state index contributed by atoms with van der Waals surface area (Å²) in [5.74, 6) is 0.697. The van der Waals surface area contributed by atoms with Gasteiger partial charge < -0.3 is 10.5 Å².